The molecular formula is C10H12N4O2. The average Bonchev–Trinajstić information content (AvgIpc) is 2.62. The first-order chi connectivity index (χ1) is 7.72. The van der Waals surface area contributed by atoms with Crippen LogP contribution in [0.1, 0.15) is 12.6 Å². The number of hydrogen-bond acceptors (Lipinski definition) is 5. The van der Waals surface area contributed by atoms with Gasteiger partial charge in [0.2, 0.25) is 0 Å². The molecule has 0 unspecified atom stereocenters. The summed E-state index contributed by atoms with van der Waals surface area (Å²) in [6.07, 6.45) is 3.24. The molecule has 0 fully saturated rings. The van der Waals surface area contributed by atoms with Crippen molar-refractivity contribution >= 4 is 17.0 Å². The third-order valence-corrected chi connectivity index (χ3v) is 2.23. The molecule has 0 amide bonds. The van der Waals surface area contributed by atoms with Gasteiger partial charge in [0.25, 0.3) is 0 Å². The zero-order valence-corrected chi connectivity index (χ0v) is 9.17. The summed E-state index contributed by atoms with van der Waals surface area (Å²) in [4.78, 5) is 19.5. The van der Waals surface area contributed by atoms with Crippen molar-refractivity contribution in [1.29, 1.82) is 0 Å². The number of rotatable bonds is 3. The molecule has 0 saturated heterocycles. The van der Waals surface area contributed by atoms with E-state index in [1.165, 1.54) is 6.33 Å². The molecule has 0 atom stereocenters. The maximum atomic E-state index is 11.4. The molecule has 0 aliphatic carbocycles. The SMILES string of the molecule is CCOC(=O)Cc1ncnc2c1cnn2C. The number of aryl methyl sites for hydroxylation is 1. The molecule has 16 heavy (non-hydrogen) atoms. The molecule has 0 saturated carbocycles. The molecule has 0 aliphatic heterocycles. The quantitative estimate of drug-likeness (QED) is 0.703. The Labute approximate surface area is 92.3 Å². The summed E-state index contributed by atoms with van der Waals surface area (Å²) in [6, 6.07) is 0. The highest BCUT2D eigenvalue weighted by atomic mass is 16.5. The fourth-order valence-electron chi connectivity index (χ4n) is 1.50. The molecule has 2 aromatic rings. The minimum absolute atomic E-state index is 0.151. The second kappa shape index (κ2) is 4.26. The Morgan fingerprint density at radius 2 is 2.31 bits per heavy atom. The molecule has 2 rings (SSSR count). The largest absolute Gasteiger partial charge is 0.466 e. The van der Waals surface area contributed by atoms with Gasteiger partial charge in [0.15, 0.2) is 5.65 Å². The topological polar surface area (TPSA) is 69.9 Å². The molecule has 2 aromatic heterocycles. The van der Waals surface area contributed by atoms with Crippen LogP contribution in [0.25, 0.3) is 11.0 Å². The lowest BCUT2D eigenvalue weighted by molar-refractivity contribution is -0.142. The molecule has 84 valence electrons. The van der Waals surface area contributed by atoms with Gasteiger partial charge in [-0.15, -0.1) is 0 Å². The second-order valence-corrected chi connectivity index (χ2v) is 3.31. The van der Waals surface area contributed by atoms with E-state index >= 15 is 0 Å². The first kappa shape index (κ1) is 10.5. The van der Waals surface area contributed by atoms with E-state index in [2.05, 4.69) is 15.1 Å². The minimum Gasteiger partial charge on any atom is -0.466 e. The van der Waals surface area contributed by atoms with Gasteiger partial charge < -0.3 is 4.74 Å². The number of ether oxygens (including phenoxy) is 1. The zero-order chi connectivity index (χ0) is 11.5. The summed E-state index contributed by atoms with van der Waals surface area (Å²) in [5.74, 6) is -0.286. The smallest absolute Gasteiger partial charge is 0.311 e. The summed E-state index contributed by atoms with van der Waals surface area (Å²) in [6.45, 7) is 2.15. The maximum absolute atomic E-state index is 11.4. The van der Waals surface area contributed by atoms with Crippen molar-refractivity contribution in [3.8, 4) is 0 Å². The minimum atomic E-state index is -0.286. The normalized spacial score (nSPS) is 10.6. The number of carbonyl (C=O) groups excluding carboxylic acids is 1. The van der Waals surface area contributed by atoms with E-state index in [-0.39, 0.29) is 12.4 Å². The van der Waals surface area contributed by atoms with Gasteiger partial charge in [-0.1, -0.05) is 0 Å². The first-order valence-electron chi connectivity index (χ1n) is 4.99. The molecule has 0 radical (unpaired) electrons. The Balaban J connectivity index is 2.34. The van der Waals surface area contributed by atoms with E-state index in [1.54, 1.807) is 24.9 Å². The van der Waals surface area contributed by atoms with Crippen LogP contribution >= 0.6 is 0 Å². The number of nitrogens with zero attached hydrogens (tertiary/aromatic N) is 4. The summed E-state index contributed by atoms with van der Waals surface area (Å²) >= 11 is 0. The summed E-state index contributed by atoms with van der Waals surface area (Å²) in [7, 11) is 1.80. The molecular weight excluding hydrogens is 208 g/mol. The van der Waals surface area contributed by atoms with Crippen LogP contribution in [0.15, 0.2) is 12.5 Å². The van der Waals surface area contributed by atoms with E-state index in [9.17, 15) is 4.79 Å². The van der Waals surface area contributed by atoms with Crippen LogP contribution in [0.4, 0.5) is 0 Å². The van der Waals surface area contributed by atoms with Crippen LogP contribution < -0.4 is 0 Å². The van der Waals surface area contributed by atoms with Crippen LogP contribution in [0.3, 0.4) is 0 Å². The Bertz CT molecular complexity index is 521. The van der Waals surface area contributed by atoms with E-state index in [1.807, 2.05) is 0 Å². The standard InChI is InChI=1S/C10H12N4O2/c1-3-16-9(15)4-8-7-5-13-14(2)10(7)12-6-11-8/h5-6H,3-4H2,1-2H3. The molecule has 0 N–H and O–H groups in total. The molecule has 0 bridgehead atoms. The number of esters is 1. The van der Waals surface area contributed by atoms with Gasteiger partial charge >= 0.3 is 5.97 Å². The maximum Gasteiger partial charge on any atom is 0.311 e. The van der Waals surface area contributed by atoms with E-state index in [4.69, 9.17) is 4.74 Å². The highest BCUT2D eigenvalue weighted by molar-refractivity contribution is 5.82. The van der Waals surface area contributed by atoms with Crippen molar-refractivity contribution in [3.05, 3.63) is 18.2 Å². The van der Waals surface area contributed by atoms with E-state index in [0.717, 1.165) is 5.39 Å². The lowest BCUT2D eigenvalue weighted by Gasteiger charge is -2.02. The Hall–Kier alpha value is -1.98. The highest BCUT2D eigenvalue weighted by Gasteiger charge is 2.11. The lowest BCUT2D eigenvalue weighted by Crippen LogP contribution is -2.09. The molecule has 2 heterocycles. The van der Waals surface area contributed by atoms with Gasteiger partial charge in [-0.25, -0.2) is 9.97 Å². The van der Waals surface area contributed by atoms with Crippen molar-refractivity contribution in [2.45, 2.75) is 13.3 Å². The summed E-state index contributed by atoms with van der Waals surface area (Å²) < 4.78 is 6.52. The van der Waals surface area contributed by atoms with E-state index < -0.39 is 0 Å². The first-order valence-corrected chi connectivity index (χ1v) is 4.99. The molecule has 6 nitrogen and oxygen atoms in total. The van der Waals surface area contributed by atoms with Gasteiger partial charge in [-0.05, 0) is 6.92 Å². The molecule has 0 spiro atoms. The molecule has 6 heteroatoms. The predicted molar refractivity (Wildman–Crippen MR) is 56.6 cm³/mol. The fourth-order valence-corrected chi connectivity index (χ4v) is 1.50. The Morgan fingerprint density at radius 3 is 3.06 bits per heavy atom. The Kier molecular flexibility index (Phi) is 2.80. The van der Waals surface area contributed by atoms with Crippen LogP contribution in [0.2, 0.25) is 0 Å². The molecule has 0 aliphatic rings. The van der Waals surface area contributed by atoms with Crippen LogP contribution in [-0.2, 0) is 23.0 Å². The second-order valence-electron chi connectivity index (χ2n) is 3.31. The fraction of sp³-hybridized carbons (Fsp3) is 0.400. The number of hydrogen-bond donors (Lipinski definition) is 0. The van der Waals surface area contributed by atoms with Gasteiger partial charge in [-0.2, -0.15) is 5.10 Å². The van der Waals surface area contributed by atoms with Gasteiger partial charge in [0.1, 0.15) is 6.33 Å². The molecule has 0 aromatic carbocycles. The van der Waals surface area contributed by atoms with Crippen LogP contribution in [0, 0.1) is 0 Å². The number of aromatic nitrogens is 4. The number of fused-ring (bicyclic) bond motifs is 1. The van der Waals surface area contributed by atoms with Crippen molar-refractivity contribution in [2.24, 2.45) is 7.05 Å². The average molecular weight is 220 g/mol. The van der Waals surface area contributed by atoms with Crippen molar-refractivity contribution in [2.75, 3.05) is 6.61 Å². The summed E-state index contributed by atoms with van der Waals surface area (Å²) in [5, 5.41) is 4.86. The van der Waals surface area contributed by atoms with Crippen LogP contribution in [0.5, 0.6) is 0 Å². The summed E-state index contributed by atoms with van der Waals surface area (Å²) in [5.41, 5.74) is 1.37. The predicted octanol–water partition coefficient (Wildman–Crippen LogP) is 0.469. The zero-order valence-electron chi connectivity index (χ0n) is 9.17. The lowest BCUT2D eigenvalue weighted by atomic mass is 10.2. The third kappa shape index (κ3) is 1.86. The number of carbonyl (C=O) groups is 1. The van der Waals surface area contributed by atoms with Crippen molar-refractivity contribution in [3.63, 3.8) is 0 Å². The van der Waals surface area contributed by atoms with Crippen LogP contribution in [-0.4, -0.2) is 32.3 Å². The Morgan fingerprint density at radius 1 is 1.50 bits per heavy atom. The highest BCUT2D eigenvalue weighted by Crippen LogP contribution is 2.13. The van der Waals surface area contributed by atoms with Gasteiger partial charge in [0.05, 0.1) is 30.3 Å². The monoisotopic (exact) mass is 220 g/mol. The van der Waals surface area contributed by atoms with E-state index in [0.29, 0.717) is 17.9 Å². The van der Waals surface area contributed by atoms with Crippen molar-refractivity contribution < 1.29 is 9.53 Å². The van der Waals surface area contributed by atoms with Crippen molar-refractivity contribution in [1.82, 2.24) is 19.7 Å². The van der Waals surface area contributed by atoms with Gasteiger partial charge in [-0.3, -0.25) is 9.48 Å². The van der Waals surface area contributed by atoms with Gasteiger partial charge in [0, 0.05) is 7.05 Å². The third-order valence-electron chi connectivity index (χ3n) is 2.23.